The highest BCUT2D eigenvalue weighted by atomic mass is 35.5. The zero-order chi connectivity index (χ0) is 64.5. The molecule has 11 rings (SSSR count). The number of likely N-dealkylation sites (tertiary alicyclic amines) is 1. The molecule has 2 bridgehead atoms. The minimum absolute atomic E-state index is 0.00492. The monoisotopic (exact) mass is 1320 g/mol. The van der Waals surface area contributed by atoms with Gasteiger partial charge in [0.1, 0.15) is 17.5 Å². The van der Waals surface area contributed by atoms with Crippen LogP contribution in [0.5, 0.6) is 0 Å². The Balaban J connectivity index is 0.000000155. The number of nitrogens with zero attached hydrogens (tertiary/aromatic N) is 1. The van der Waals surface area contributed by atoms with Gasteiger partial charge in [-0.1, -0.05) is 77.9 Å². The molecule has 7 aliphatic rings. The van der Waals surface area contributed by atoms with Crippen LogP contribution in [0, 0.1) is 40.6 Å². The molecule has 4 amide bonds. The van der Waals surface area contributed by atoms with Crippen LogP contribution < -0.4 is 37.2 Å². The van der Waals surface area contributed by atoms with Crippen LogP contribution in [0.1, 0.15) is 120 Å². The van der Waals surface area contributed by atoms with Crippen LogP contribution >= 0.6 is 46.4 Å². The lowest BCUT2D eigenvalue weighted by atomic mass is 9.70. The van der Waals surface area contributed by atoms with Crippen molar-refractivity contribution in [1.29, 1.82) is 0 Å². The van der Waals surface area contributed by atoms with E-state index in [1.807, 2.05) is 0 Å². The van der Waals surface area contributed by atoms with Crippen molar-refractivity contribution >= 4 is 98.9 Å². The molecule has 4 heterocycles. The Bertz CT molecular complexity index is 3220. The molecule has 0 radical (unpaired) electrons. The summed E-state index contributed by atoms with van der Waals surface area (Å²) in [5, 5.41) is 22.0. The van der Waals surface area contributed by atoms with Gasteiger partial charge in [0.25, 0.3) is 23.6 Å². The molecule has 486 valence electrons. The number of hydrogen-bond acceptors (Lipinski definition) is 12. The predicted octanol–water partition coefficient (Wildman–Crippen LogP) is 9.69. The number of hydrogen-bond donors (Lipinski definition) is 7. The van der Waals surface area contributed by atoms with Crippen LogP contribution in [-0.2, 0) is 57.6 Å². The minimum atomic E-state index is -0.597. The van der Waals surface area contributed by atoms with Crippen LogP contribution in [0.2, 0.25) is 20.1 Å². The third kappa shape index (κ3) is 19.9. The predicted molar refractivity (Wildman–Crippen MR) is 342 cm³/mol. The molecular weight excluding hydrogens is 1240 g/mol. The highest BCUT2D eigenvalue weighted by Gasteiger charge is 2.46. The molecule has 3 aliphatic carbocycles. The lowest BCUT2D eigenvalue weighted by Gasteiger charge is -2.48. The van der Waals surface area contributed by atoms with Gasteiger partial charge in [0.15, 0.2) is 0 Å². The zero-order valence-electron chi connectivity index (χ0n) is 50.7. The maximum Gasteiger partial charge on any atom is 0.291 e. The van der Waals surface area contributed by atoms with E-state index in [1.165, 1.54) is 81.3 Å². The summed E-state index contributed by atoms with van der Waals surface area (Å²) in [5.74, 6) is -4.45. The van der Waals surface area contributed by atoms with Crippen molar-refractivity contribution in [3.8, 4) is 0 Å². The van der Waals surface area contributed by atoms with E-state index in [-0.39, 0.29) is 57.1 Å². The Morgan fingerprint density at radius 2 is 1.23 bits per heavy atom. The average molecular weight is 1330 g/mol. The molecule has 7 unspecified atom stereocenters. The van der Waals surface area contributed by atoms with E-state index in [1.54, 1.807) is 42.5 Å². The van der Waals surface area contributed by atoms with Gasteiger partial charge in [-0.15, -0.1) is 0 Å². The van der Waals surface area contributed by atoms with Crippen molar-refractivity contribution in [3.05, 3.63) is 133 Å². The third-order valence-electron chi connectivity index (χ3n) is 18.9. The van der Waals surface area contributed by atoms with Crippen LogP contribution in [0.4, 0.5) is 18.9 Å². The Hall–Kier alpha value is -5.77. The average Bonchev–Trinajstić information content (AvgIpc) is 1.62. The number of halogens is 7. The first-order valence-corrected chi connectivity index (χ1v) is 32.9. The van der Waals surface area contributed by atoms with Crippen LogP contribution in [0.3, 0.4) is 0 Å². The largest absolute Gasteiger partial charge is 0.349 e. The third-order valence-corrected chi connectivity index (χ3v) is 20.1. The molecule has 16 nitrogen and oxygen atoms in total. The lowest BCUT2D eigenvalue weighted by molar-refractivity contribution is -0.138. The summed E-state index contributed by atoms with van der Waals surface area (Å²) in [6, 6.07) is 20.3. The molecule has 3 saturated carbocycles. The van der Waals surface area contributed by atoms with Gasteiger partial charge in [-0.3, -0.25) is 38.4 Å². The molecule has 4 aromatic rings. The van der Waals surface area contributed by atoms with E-state index in [9.17, 15) is 51.5 Å². The summed E-state index contributed by atoms with van der Waals surface area (Å²) in [7, 11) is 0. The van der Waals surface area contributed by atoms with Gasteiger partial charge in [0.05, 0.1) is 15.1 Å². The van der Waals surface area contributed by atoms with Gasteiger partial charge in [-0.2, -0.15) is 0 Å². The second-order valence-electron chi connectivity index (χ2n) is 25.0. The highest BCUT2D eigenvalue weighted by molar-refractivity contribution is 6.41. The van der Waals surface area contributed by atoms with Gasteiger partial charge < -0.3 is 42.1 Å². The van der Waals surface area contributed by atoms with Crippen LogP contribution in [0.15, 0.2) is 78.9 Å². The van der Waals surface area contributed by atoms with E-state index in [2.05, 4.69) is 49.0 Å². The Labute approximate surface area is 544 Å². The summed E-state index contributed by atoms with van der Waals surface area (Å²) in [4.78, 5) is 98.2. The Morgan fingerprint density at radius 3 is 1.81 bits per heavy atom. The molecule has 1 spiro atoms. The van der Waals surface area contributed by atoms with Gasteiger partial charge in [-0.25, -0.2) is 13.2 Å². The van der Waals surface area contributed by atoms with E-state index in [0.29, 0.717) is 76.7 Å². The molecule has 4 aliphatic heterocycles. The van der Waals surface area contributed by atoms with E-state index >= 15 is 0 Å². The standard InChI is InChI=1S/3C17H20ClFN2O2.C16H21ClN2O2/c18-13-3-2-11(8-14(13)19)9-15(22)16(23)21-12-4-7-20-17(10-12)5-1-6-17;18-14-4-1-10(5-15(14)19)6-16(22)17(23)21-9-12-8-20-13-3-2-11(12)7-13;18-13-4-3-11(6-14(13)19)7-15(22)16(23)21-10-17-5-1-2-12(17)8-20-9-17;1-2-19-11-3-4-14(19)9-10-15(20)16(21)18-13-7-5-12(17)6-8-13/h2-3,8,12,20H,1,4-7,9-10H2,(H,21,23);1,4-5,11-13,20H,2-3,6-9H2,(H,21,23);3-4,6,12,20H,1-2,5,7-10H2,(H,21,23);5-8,14H,2-4,9-11H2,1H3,(H,18,21). The van der Waals surface area contributed by atoms with Crippen molar-refractivity contribution in [2.45, 2.75) is 146 Å². The van der Waals surface area contributed by atoms with Crippen molar-refractivity contribution in [3.63, 3.8) is 0 Å². The Morgan fingerprint density at radius 1 is 0.633 bits per heavy atom. The smallest absolute Gasteiger partial charge is 0.291 e. The van der Waals surface area contributed by atoms with Gasteiger partial charge >= 0.3 is 0 Å². The fraction of sp³-hybridized carbons (Fsp3) is 0.522. The quantitative estimate of drug-likeness (QED) is 0.0411. The number of rotatable bonds is 20. The van der Waals surface area contributed by atoms with E-state index in [0.717, 1.165) is 84.2 Å². The summed E-state index contributed by atoms with van der Waals surface area (Å²) >= 11 is 22.6. The molecule has 7 N–H and O–H groups in total. The number of ketones is 4. The highest BCUT2D eigenvalue weighted by Crippen LogP contribution is 2.45. The number of nitrogens with one attached hydrogen (secondary N) is 7. The van der Waals surface area contributed by atoms with Crippen molar-refractivity contribution in [2.75, 3.05) is 57.7 Å². The molecule has 0 aromatic heterocycles. The van der Waals surface area contributed by atoms with Crippen molar-refractivity contribution < 1.29 is 51.5 Å². The first-order valence-electron chi connectivity index (χ1n) is 31.4. The summed E-state index contributed by atoms with van der Waals surface area (Å²) in [5.41, 5.74) is 2.21. The van der Waals surface area contributed by atoms with Crippen LogP contribution in [-0.4, -0.2) is 128 Å². The minimum Gasteiger partial charge on any atom is -0.349 e. The summed E-state index contributed by atoms with van der Waals surface area (Å²) in [6.07, 6.45) is 15.2. The molecule has 90 heavy (non-hydrogen) atoms. The molecule has 7 atom stereocenters. The van der Waals surface area contributed by atoms with E-state index in [4.69, 9.17) is 46.4 Å². The first kappa shape index (κ1) is 70.1. The molecule has 7 fully saturated rings. The fourth-order valence-corrected chi connectivity index (χ4v) is 14.1. The number of carbonyl (C=O) groups excluding carboxylic acids is 8. The molecule has 4 saturated heterocycles. The lowest BCUT2D eigenvalue weighted by Crippen LogP contribution is -2.60. The van der Waals surface area contributed by atoms with Gasteiger partial charge in [0, 0.05) is 91.7 Å². The zero-order valence-corrected chi connectivity index (χ0v) is 53.7. The number of Topliss-reactive ketones (excluding diaryl/α,β-unsaturated/α-hetero) is 4. The second-order valence-corrected chi connectivity index (χ2v) is 26.7. The maximum absolute atomic E-state index is 13.4. The number of benzene rings is 4. The van der Waals surface area contributed by atoms with Crippen molar-refractivity contribution in [1.82, 2.24) is 36.8 Å². The topological polar surface area (TPSA) is 224 Å². The maximum atomic E-state index is 13.4. The van der Waals surface area contributed by atoms with Crippen LogP contribution in [0.25, 0.3) is 0 Å². The van der Waals surface area contributed by atoms with Crippen molar-refractivity contribution in [2.24, 2.45) is 23.2 Å². The van der Waals surface area contributed by atoms with Gasteiger partial charge in [-0.05, 0) is 205 Å². The number of anilines is 1. The number of carbonyl (C=O) groups is 8. The molecule has 23 heteroatoms. The first-order chi connectivity index (χ1) is 43.1. The number of amides is 4. The summed E-state index contributed by atoms with van der Waals surface area (Å²) < 4.78 is 40.1. The fourth-order valence-electron chi connectivity index (χ4n) is 13.6. The number of piperidine rings is 2. The second kappa shape index (κ2) is 33.2. The SMILES string of the molecule is CCN1CCCC1CCC(=O)C(=O)Nc1ccc(Cl)cc1.O=C(Cc1ccc(Cl)c(F)c1)C(=O)NC1CCNC2(CCC2)C1.O=C(Cc1ccc(Cl)c(F)c1)C(=O)NCC12CCCC1CNC2.O=C(Cc1ccc(Cl)c(F)c1)C(=O)NCC1CNC2CCC1C2. The van der Waals surface area contributed by atoms with Gasteiger partial charge in [0.2, 0.25) is 23.1 Å². The summed E-state index contributed by atoms with van der Waals surface area (Å²) in [6.45, 7) is 8.94. The normalized spacial score (nSPS) is 23.4. The molecule has 4 aromatic carbocycles. The molecular formula is C67H81Cl4F3N8O8. The Kier molecular flexibility index (Phi) is 25.8. The van der Waals surface area contributed by atoms with E-state index < -0.39 is 58.4 Å². The number of fused-ring (bicyclic) bond motifs is 3.